The van der Waals surface area contributed by atoms with Crippen LogP contribution >= 0.6 is 11.6 Å². The molecule has 1 aromatic carbocycles. The lowest BCUT2D eigenvalue weighted by atomic mass is 9.89. The first-order valence-electron chi connectivity index (χ1n) is 11.5. The van der Waals surface area contributed by atoms with Gasteiger partial charge in [0, 0.05) is 38.2 Å². The molecule has 0 atom stereocenters. The summed E-state index contributed by atoms with van der Waals surface area (Å²) < 4.78 is 11.4. The fourth-order valence-electron chi connectivity index (χ4n) is 4.77. The zero-order valence-electron chi connectivity index (χ0n) is 17.8. The van der Waals surface area contributed by atoms with Gasteiger partial charge in [0.1, 0.15) is 0 Å². The summed E-state index contributed by atoms with van der Waals surface area (Å²) in [4.78, 5) is 17.5. The van der Waals surface area contributed by atoms with Gasteiger partial charge in [0.25, 0.3) is 0 Å². The van der Waals surface area contributed by atoms with Crippen LogP contribution in [0.15, 0.2) is 12.1 Å². The quantitative estimate of drug-likeness (QED) is 0.756. The molecule has 0 radical (unpaired) electrons. The normalized spacial score (nSPS) is 21.6. The molecular formula is C23H34ClN3O3. The highest BCUT2D eigenvalue weighted by Crippen LogP contribution is 2.37. The summed E-state index contributed by atoms with van der Waals surface area (Å²) >= 11 is 6.37. The van der Waals surface area contributed by atoms with Gasteiger partial charge in [0.05, 0.1) is 30.5 Å². The SMILES string of the molecule is O=C(CN1CCCN(CC2CCCCC2)CC1)Nc1cc2c(cc1Cl)OCCCO2. The maximum absolute atomic E-state index is 12.7. The Bertz CT molecular complexity index is 724. The maximum Gasteiger partial charge on any atom is 0.238 e. The second-order valence-electron chi connectivity index (χ2n) is 8.81. The molecule has 1 saturated heterocycles. The van der Waals surface area contributed by atoms with Crippen molar-refractivity contribution in [1.29, 1.82) is 0 Å². The van der Waals surface area contributed by atoms with Crippen molar-refractivity contribution in [2.45, 2.75) is 44.9 Å². The van der Waals surface area contributed by atoms with Crippen LogP contribution in [-0.4, -0.2) is 68.2 Å². The van der Waals surface area contributed by atoms with Gasteiger partial charge in [-0.2, -0.15) is 0 Å². The van der Waals surface area contributed by atoms with Crippen molar-refractivity contribution in [3.63, 3.8) is 0 Å². The van der Waals surface area contributed by atoms with E-state index in [1.54, 1.807) is 12.1 Å². The summed E-state index contributed by atoms with van der Waals surface area (Å²) in [5.41, 5.74) is 0.583. The Morgan fingerprint density at radius 2 is 1.63 bits per heavy atom. The van der Waals surface area contributed by atoms with Gasteiger partial charge in [-0.05, 0) is 38.3 Å². The third kappa shape index (κ3) is 6.02. The molecule has 166 valence electrons. The second-order valence-corrected chi connectivity index (χ2v) is 9.22. The van der Waals surface area contributed by atoms with Crippen molar-refractivity contribution in [3.05, 3.63) is 17.2 Å². The standard InChI is InChI=1S/C23H34ClN3O3/c24-19-14-21-22(30-13-5-12-29-21)15-20(19)25-23(28)17-27-9-4-8-26(10-11-27)16-18-6-2-1-3-7-18/h14-15,18H,1-13,16-17H2,(H,25,28). The molecule has 0 bridgehead atoms. The van der Waals surface area contributed by atoms with Gasteiger partial charge in [-0.3, -0.25) is 9.69 Å². The highest BCUT2D eigenvalue weighted by atomic mass is 35.5. The first-order valence-corrected chi connectivity index (χ1v) is 11.9. The molecule has 1 saturated carbocycles. The molecule has 7 heteroatoms. The molecular weight excluding hydrogens is 402 g/mol. The minimum atomic E-state index is -0.0351. The number of carbonyl (C=O) groups excluding carboxylic acids is 1. The van der Waals surface area contributed by atoms with Gasteiger partial charge < -0.3 is 19.7 Å². The minimum Gasteiger partial charge on any atom is -0.490 e. The number of benzene rings is 1. The van der Waals surface area contributed by atoms with E-state index < -0.39 is 0 Å². The molecule has 3 aliphatic rings. The second kappa shape index (κ2) is 10.7. The summed E-state index contributed by atoms with van der Waals surface area (Å²) in [6, 6.07) is 3.50. The van der Waals surface area contributed by atoms with E-state index in [-0.39, 0.29) is 5.91 Å². The minimum absolute atomic E-state index is 0.0351. The van der Waals surface area contributed by atoms with E-state index in [1.165, 1.54) is 38.6 Å². The highest BCUT2D eigenvalue weighted by molar-refractivity contribution is 6.34. The van der Waals surface area contributed by atoms with Gasteiger partial charge >= 0.3 is 0 Å². The van der Waals surface area contributed by atoms with E-state index in [0.29, 0.717) is 42.0 Å². The van der Waals surface area contributed by atoms with Crippen LogP contribution in [0.5, 0.6) is 11.5 Å². The Balaban J connectivity index is 1.27. The fraction of sp³-hybridized carbons (Fsp3) is 0.696. The number of ether oxygens (including phenoxy) is 2. The lowest BCUT2D eigenvalue weighted by Gasteiger charge is -2.28. The monoisotopic (exact) mass is 435 g/mol. The Morgan fingerprint density at radius 3 is 2.43 bits per heavy atom. The Kier molecular flexibility index (Phi) is 7.74. The van der Waals surface area contributed by atoms with Gasteiger partial charge in [0.15, 0.2) is 11.5 Å². The van der Waals surface area contributed by atoms with Crippen LogP contribution in [0.2, 0.25) is 5.02 Å². The van der Waals surface area contributed by atoms with Gasteiger partial charge in [-0.15, -0.1) is 0 Å². The van der Waals surface area contributed by atoms with Crippen LogP contribution in [-0.2, 0) is 4.79 Å². The topological polar surface area (TPSA) is 54.0 Å². The first kappa shape index (κ1) is 21.7. The number of fused-ring (bicyclic) bond motifs is 1. The summed E-state index contributed by atoms with van der Waals surface area (Å²) in [7, 11) is 0. The largest absolute Gasteiger partial charge is 0.490 e. The summed E-state index contributed by atoms with van der Waals surface area (Å²) in [6.45, 7) is 6.93. The molecule has 6 nitrogen and oxygen atoms in total. The van der Waals surface area contributed by atoms with Crippen LogP contribution in [0.25, 0.3) is 0 Å². The van der Waals surface area contributed by atoms with E-state index in [1.807, 2.05) is 0 Å². The highest BCUT2D eigenvalue weighted by Gasteiger charge is 2.22. The molecule has 0 unspecified atom stereocenters. The number of halogens is 1. The zero-order valence-corrected chi connectivity index (χ0v) is 18.6. The Morgan fingerprint density at radius 1 is 0.933 bits per heavy atom. The smallest absolute Gasteiger partial charge is 0.238 e. The molecule has 2 heterocycles. The predicted octanol–water partition coefficient (Wildman–Crippen LogP) is 4.03. The molecule has 2 fully saturated rings. The van der Waals surface area contributed by atoms with Crippen molar-refractivity contribution in [2.24, 2.45) is 5.92 Å². The molecule has 1 aromatic rings. The van der Waals surface area contributed by atoms with Crippen molar-refractivity contribution in [2.75, 3.05) is 57.8 Å². The molecule has 1 N–H and O–H groups in total. The number of nitrogens with one attached hydrogen (secondary N) is 1. The number of hydrogen-bond acceptors (Lipinski definition) is 5. The van der Waals surface area contributed by atoms with Crippen molar-refractivity contribution >= 4 is 23.2 Å². The molecule has 4 rings (SSSR count). The van der Waals surface area contributed by atoms with Crippen LogP contribution in [0, 0.1) is 5.92 Å². The number of anilines is 1. The fourth-order valence-corrected chi connectivity index (χ4v) is 4.97. The molecule has 0 spiro atoms. The molecule has 0 aromatic heterocycles. The number of carbonyl (C=O) groups is 1. The summed E-state index contributed by atoms with van der Waals surface area (Å²) in [6.07, 6.45) is 8.93. The lowest BCUT2D eigenvalue weighted by Crippen LogP contribution is -2.37. The van der Waals surface area contributed by atoms with Gasteiger partial charge in [0.2, 0.25) is 5.91 Å². The van der Waals surface area contributed by atoms with Gasteiger partial charge in [-0.25, -0.2) is 0 Å². The van der Waals surface area contributed by atoms with E-state index in [0.717, 1.165) is 44.9 Å². The number of nitrogens with zero attached hydrogens (tertiary/aromatic N) is 2. The maximum atomic E-state index is 12.7. The van der Waals surface area contributed by atoms with Crippen molar-refractivity contribution in [1.82, 2.24) is 9.80 Å². The third-order valence-corrected chi connectivity index (χ3v) is 6.71. The Labute approximate surface area is 184 Å². The average Bonchev–Trinajstić information content (AvgIpc) is 3.09. The van der Waals surface area contributed by atoms with Crippen LogP contribution in [0.1, 0.15) is 44.9 Å². The molecule has 30 heavy (non-hydrogen) atoms. The zero-order chi connectivity index (χ0) is 20.8. The summed E-state index contributed by atoms with van der Waals surface area (Å²) in [5, 5.41) is 3.44. The van der Waals surface area contributed by atoms with E-state index in [4.69, 9.17) is 21.1 Å². The molecule has 1 aliphatic carbocycles. The molecule has 2 aliphatic heterocycles. The van der Waals surface area contributed by atoms with Crippen LogP contribution in [0.4, 0.5) is 5.69 Å². The molecule has 1 amide bonds. The van der Waals surface area contributed by atoms with E-state index >= 15 is 0 Å². The van der Waals surface area contributed by atoms with Crippen LogP contribution in [0.3, 0.4) is 0 Å². The van der Waals surface area contributed by atoms with Crippen LogP contribution < -0.4 is 14.8 Å². The average molecular weight is 436 g/mol. The van der Waals surface area contributed by atoms with Gasteiger partial charge in [-0.1, -0.05) is 30.9 Å². The van der Waals surface area contributed by atoms with E-state index in [9.17, 15) is 4.79 Å². The van der Waals surface area contributed by atoms with E-state index in [2.05, 4.69) is 15.1 Å². The predicted molar refractivity (Wildman–Crippen MR) is 120 cm³/mol. The van der Waals surface area contributed by atoms with Crippen molar-refractivity contribution < 1.29 is 14.3 Å². The summed E-state index contributed by atoms with van der Waals surface area (Å²) in [5.74, 6) is 2.11. The number of amides is 1. The third-order valence-electron chi connectivity index (χ3n) is 6.40. The number of hydrogen-bond donors (Lipinski definition) is 1. The first-order chi connectivity index (χ1) is 14.7. The van der Waals surface area contributed by atoms with Crippen molar-refractivity contribution in [3.8, 4) is 11.5 Å². The lowest BCUT2D eigenvalue weighted by molar-refractivity contribution is -0.117. The number of rotatable bonds is 5. The Hall–Kier alpha value is -1.50.